The van der Waals surface area contributed by atoms with Gasteiger partial charge in [0.1, 0.15) is 6.04 Å². The number of halogens is 1. The molecule has 102 valence electrons. The lowest BCUT2D eigenvalue weighted by Gasteiger charge is -2.23. The molecule has 1 aliphatic rings. The van der Waals surface area contributed by atoms with Crippen molar-refractivity contribution in [3.63, 3.8) is 0 Å². The van der Waals surface area contributed by atoms with Crippen LogP contribution < -0.4 is 15.5 Å². The maximum atomic E-state index is 11.6. The molecule has 0 spiro atoms. The number of anilines is 2. The highest BCUT2D eigenvalue weighted by atomic mass is 35.5. The zero-order valence-corrected chi connectivity index (χ0v) is 11.6. The zero-order chi connectivity index (χ0) is 14.0. The molecule has 5 nitrogen and oxygen atoms in total. The van der Waals surface area contributed by atoms with Gasteiger partial charge in [-0.05, 0) is 24.6 Å². The molecule has 1 saturated heterocycles. The van der Waals surface area contributed by atoms with Gasteiger partial charge in [0, 0.05) is 26.2 Å². The number of piperidine rings is 1. The van der Waals surface area contributed by atoms with Crippen molar-refractivity contribution in [2.75, 3.05) is 24.3 Å². The van der Waals surface area contributed by atoms with Gasteiger partial charge in [0.15, 0.2) is 0 Å². The number of nitrogens with zero attached hydrogens (tertiary/aromatic N) is 1. The summed E-state index contributed by atoms with van der Waals surface area (Å²) in [6, 6.07) is 5.14. The number of hydrogen-bond acceptors (Lipinski definition) is 4. The van der Waals surface area contributed by atoms with E-state index in [4.69, 9.17) is 11.6 Å². The molecule has 0 aliphatic carbocycles. The van der Waals surface area contributed by atoms with Crippen molar-refractivity contribution in [2.45, 2.75) is 18.9 Å². The lowest BCUT2D eigenvalue weighted by atomic mass is 10.1. The molecule has 1 aromatic rings. The van der Waals surface area contributed by atoms with Crippen LogP contribution in [0.3, 0.4) is 0 Å². The predicted molar refractivity (Wildman–Crippen MR) is 75.6 cm³/mol. The highest BCUT2D eigenvalue weighted by Gasteiger charge is 2.26. The number of imide groups is 1. The summed E-state index contributed by atoms with van der Waals surface area (Å²) in [7, 11) is 3.82. The molecule has 1 aromatic carbocycles. The smallest absolute Gasteiger partial charge is 0.249 e. The van der Waals surface area contributed by atoms with Gasteiger partial charge in [-0.25, -0.2) is 0 Å². The monoisotopic (exact) mass is 281 g/mol. The van der Waals surface area contributed by atoms with Gasteiger partial charge in [0.05, 0.1) is 10.7 Å². The second-order valence-corrected chi connectivity index (χ2v) is 5.12. The largest absolute Gasteiger partial charge is 0.376 e. The van der Waals surface area contributed by atoms with Crippen molar-refractivity contribution in [2.24, 2.45) is 0 Å². The minimum absolute atomic E-state index is 0.218. The molecule has 19 heavy (non-hydrogen) atoms. The molecule has 1 aliphatic heterocycles. The first-order valence-corrected chi connectivity index (χ1v) is 6.42. The summed E-state index contributed by atoms with van der Waals surface area (Å²) in [5.74, 6) is -0.506. The summed E-state index contributed by atoms with van der Waals surface area (Å²) in [4.78, 5) is 24.6. The topological polar surface area (TPSA) is 61.4 Å². The average Bonchev–Trinajstić information content (AvgIpc) is 2.32. The third-order valence-corrected chi connectivity index (χ3v) is 3.31. The van der Waals surface area contributed by atoms with E-state index in [0.717, 1.165) is 11.4 Å². The number of amides is 2. The van der Waals surface area contributed by atoms with Gasteiger partial charge >= 0.3 is 0 Å². The Bertz CT molecular complexity index is 517. The van der Waals surface area contributed by atoms with Crippen molar-refractivity contribution < 1.29 is 9.59 Å². The van der Waals surface area contributed by atoms with Crippen molar-refractivity contribution in [1.29, 1.82) is 0 Å². The van der Waals surface area contributed by atoms with Crippen LogP contribution in [0.15, 0.2) is 18.2 Å². The molecule has 1 atom stereocenters. The molecule has 0 saturated carbocycles. The summed E-state index contributed by atoms with van der Waals surface area (Å²) >= 11 is 6.17. The van der Waals surface area contributed by atoms with Crippen LogP contribution in [-0.2, 0) is 9.59 Å². The Kier molecular flexibility index (Phi) is 3.95. The molecule has 1 unspecified atom stereocenters. The second-order valence-electron chi connectivity index (χ2n) is 4.71. The van der Waals surface area contributed by atoms with E-state index in [9.17, 15) is 9.59 Å². The van der Waals surface area contributed by atoms with Gasteiger partial charge < -0.3 is 10.2 Å². The van der Waals surface area contributed by atoms with Gasteiger partial charge in [-0.1, -0.05) is 11.6 Å². The first kappa shape index (κ1) is 13.7. The molecule has 6 heteroatoms. The number of benzene rings is 1. The second kappa shape index (κ2) is 5.48. The van der Waals surface area contributed by atoms with E-state index >= 15 is 0 Å². The van der Waals surface area contributed by atoms with Crippen LogP contribution in [0.5, 0.6) is 0 Å². The zero-order valence-electron chi connectivity index (χ0n) is 10.9. The Morgan fingerprint density at radius 2 is 2.11 bits per heavy atom. The summed E-state index contributed by atoms with van der Waals surface area (Å²) in [5, 5.41) is 6.02. The standard InChI is InChI=1S/C13H16ClN3O2/c1-17(2)11-5-3-8(7-9(11)14)15-10-4-6-12(18)16-13(10)19/h3,5,7,10,15H,4,6H2,1-2H3,(H,16,18,19). The molecular weight excluding hydrogens is 266 g/mol. The molecule has 0 radical (unpaired) electrons. The Balaban J connectivity index is 2.09. The molecule has 2 N–H and O–H groups in total. The van der Waals surface area contributed by atoms with E-state index in [1.54, 1.807) is 6.07 Å². The van der Waals surface area contributed by atoms with Crippen molar-refractivity contribution in [1.82, 2.24) is 5.32 Å². The van der Waals surface area contributed by atoms with E-state index in [-0.39, 0.29) is 17.9 Å². The maximum absolute atomic E-state index is 11.6. The summed E-state index contributed by atoms with van der Waals surface area (Å²) in [6.07, 6.45) is 0.852. The van der Waals surface area contributed by atoms with E-state index in [1.165, 1.54) is 0 Å². The molecule has 1 fully saturated rings. The highest BCUT2D eigenvalue weighted by Crippen LogP contribution is 2.28. The van der Waals surface area contributed by atoms with E-state index < -0.39 is 0 Å². The van der Waals surface area contributed by atoms with Crippen molar-refractivity contribution >= 4 is 34.8 Å². The SMILES string of the molecule is CN(C)c1ccc(NC2CCC(=O)NC2=O)cc1Cl. The normalized spacial score (nSPS) is 19.0. The van der Waals surface area contributed by atoms with Gasteiger partial charge in [0.2, 0.25) is 11.8 Å². The van der Waals surface area contributed by atoms with Crippen LogP contribution in [-0.4, -0.2) is 32.0 Å². The first-order valence-electron chi connectivity index (χ1n) is 6.04. The van der Waals surface area contributed by atoms with E-state index in [1.807, 2.05) is 31.1 Å². The van der Waals surface area contributed by atoms with Gasteiger partial charge in [-0.3, -0.25) is 14.9 Å². The first-order chi connectivity index (χ1) is 8.97. The highest BCUT2D eigenvalue weighted by molar-refractivity contribution is 6.33. The molecule has 2 rings (SSSR count). The van der Waals surface area contributed by atoms with Crippen LogP contribution in [0.4, 0.5) is 11.4 Å². The third kappa shape index (κ3) is 3.17. The van der Waals surface area contributed by atoms with Crippen molar-refractivity contribution in [3.8, 4) is 0 Å². The Morgan fingerprint density at radius 1 is 1.37 bits per heavy atom. The van der Waals surface area contributed by atoms with Crippen molar-refractivity contribution in [3.05, 3.63) is 23.2 Å². The Morgan fingerprint density at radius 3 is 2.68 bits per heavy atom. The molecular formula is C13H16ClN3O2. The fraction of sp³-hybridized carbons (Fsp3) is 0.385. The lowest BCUT2D eigenvalue weighted by Crippen LogP contribution is -2.47. The van der Waals surface area contributed by atoms with Crippen LogP contribution >= 0.6 is 11.6 Å². The van der Waals surface area contributed by atoms with Gasteiger partial charge in [-0.15, -0.1) is 0 Å². The van der Waals surface area contributed by atoms with Gasteiger partial charge in [0.25, 0.3) is 0 Å². The molecule has 0 aromatic heterocycles. The van der Waals surface area contributed by atoms with E-state index in [0.29, 0.717) is 17.9 Å². The predicted octanol–water partition coefficient (Wildman–Crippen LogP) is 1.62. The number of carbonyl (C=O) groups is 2. The van der Waals surface area contributed by atoms with Crippen LogP contribution in [0.25, 0.3) is 0 Å². The molecule has 0 bridgehead atoms. The summed E-state index contributed by atoms with van der Waals surface area (Å²) in [6.45, 7) is 0. The van der Waals surface area contributed by atoms with Crippen LogP contribution in [0.2, 0.25) is 5.02 Å². The average molecular weight is 282 g/mol. The minimum Gasteiger partial charge on any atom is -0.376 e. The van der Waals surface area contributed by atoms with Gasteiger partial charge in [-0.2, -0.15) is 0 Å². The fourth-order valence-electron chi connectivity index (χ4n) is 1.99. The lowest BCUT2D eigenvalue weighted by molar-refractivity contribution is -0.133. The van der Waals surface area contributed by atoms with E-state index in [2.05, 4.69) is 10.6 Å². The number of hydrogen-bond donors (Lipinski definition) is 2. The quantitative estimate of drug-likeness (QED) is 0.827. The Labute approximate surface area is 116 Å². The Hall–Kier alpha value is -1.75. The summed E-state index contributed by atoms with van der Waals surface area (Å²) < 4.78 is 0. The molecule has 2 amide bonds. The third-order valence-electron chi connectivity index (χ3n) is 3.01. The number of carbonyl (C=O) groups excluding carboxylic acids is 2. The maximum Gasteiger partial charge on any atom is 0.249 e. The molecule has 1 heterocycles. The number of rotatable bonds is 3. The fourth-order valence-corrected chi connectivity index (χ4v) is 2.34. The van der Waals surface area contributed by atoms with Crippen LogP contribution in [0, 0.1) is 0 Å². The number of nitrogens with one attached hydrogen (secondary N) is 2. The minimum atomic E-state index is -0.390. The summed E-state index contributed by atoms with van der Waals surface area (Å²) in [5.41, 5.74) is 1.68. The van der Waals surface area contributed by atoms with Crippen LogP contribution in [0.1, 0.15) is 12.8 Å².